The number of aliphatic hydroxyl groups excluding tert-OH is 1. The Hall–Kier alpha value is -1.18. The van der Waals surface area contributed by atoms with Crippen molar-refractivity contribution in [3.63, 3.8) is 0 Å². The van der Waals surface area contributed by atoms with Gasteiger partial charge in [-0.25, -0.2) is 0 Å². The minimum atomic E-state index is 0.206. The van der Waals surface area contributed by atoms with E-state index in [9.17, 15) is 0 Å². The van der Waals surface area contributed by atoms with Crippen LogP contribution in [0.4, 0.5) is 0 Å². The third kappa shape index (κ3) is 2.97. The van der Waals surface area contributed by atoms with Gasteiger partial charge in [-0.1, -0.05) is 6.58 Å². The standard InChI is InChI=1S/C8H13NO/c1-4-7(9)5-8(10)6(2)3/h4-5,10H,1,9H2,2-3H3/b7-5-. The Bertz CT molecular complexity index is 185. The van der Waals surface area contributed by atoms with E-state index >= 15 is 0 Å². The van der Waals surface area contributed by atoms with Crippen molar-refractivity contribution in [3.05, 3.63) is 35.8 Å². The monoisotopic (exact) mass is 139 g/mol. The van der Waals surface area contributed by atoms with Crippen LogP contribution in [-0.2, 0) is 0 Å². The van der Waals surface area contributed by atoms with Crippen LogP contribution >= 0.6 is 0 Å². The maximum atomic E-state index is 9.10. The number of nitrogens with two attached hydrogens (primary N) is 1. The van der Waals surface area contributed by atoms with E-state index in [2.05, 4.69) is 6.58 Å². The zero-order chi connectivity index (χ0) is 8.15. The molecule has 0 aliphatic heterocycles. The molecule has 0 aromatic rings. The average molecular weight is 139 g/mol. The number of hydrogen-bond acceptors (Lipinski definition) is 2. The highest BCUT2D eigenvalue weighted by Crippen LogP contribution is 2.01. The highest BCUT2D eigenvalue weighted by atomic mass is 16.3. The Morgan fingerprint density at radius 3 is 2.30 bits per heavy atom. The van der Waals surface area contributed by atoms with Crippen molar-refractivity contribution in [1.82, 2.24) is 0 Å². The van der Waals surface area contributed by atoms with Gasteiger partial charge in [0.15, 0.2) is 0 Å². The van der Waals surface area contributed by atoms with Crippen LogP contribution in [0.5, 0.6) is 0 Å². The van der Waals surface area contributed by atoms with Gasteiger partial charge >= 0.3 is 0 Å². The van der Waals surface area contributed by atoms with Gasteiger partial charge in [-0.15, -0.1) is 0 Å². The molecule has 0 saturated carbocycles. The molecule has 10 heavy (non-hydrogen) atoms. The zero-order valence-corrected chi connectivity index (χ0v) is 6.39. The molecule has 0 amide bonds. The fraction of sp³-hybridized carbons (Fsp3) is 0.250. The number of hydrogen-bond donors (Lipinski definition) is 2. The van der Waals surface area contributed by atoms with Crippen molar-refractivity contribution in [3.8, 4) is 0 Å². The maximum Gasteiger partial charge on any atom is 0.116 e. The lowest BCUT2D eigenvalue weighted by Gasteiger charge is -1.95. The molecule has 2 heteroatoms. The average Bonchev–Trinajstić information content (AvgIpc) is 1.87. The van der Waals surface area contributed by atoms with Crippen LogP contribution in [0.3, 0.4) is 0 Å². The Labute approximate surface area is 61.4 Å². The van der Waals surface area contributed by atoms with Crippen LogP contribution in [0, 0.1) is 0 Å². The van der Waals surface area contributed by atoms with Gasteiger partial charge in [-0.3, -0.25) is 0 Å². The minimum absolute atomic E-state index is 0.206. The Kier molecular flexibility index (Phi) is 3.33. The van der Waals surface area contributed by atoms with Crippen LogP contribution in [0.15, 0.2) is 35.8 Å². The van der Waals surface area contributed by atoms with Gasteiger partial charge in [-0.2, -0.15) is 0 Å². The molecule has 0 fully saturated rings. The molecule has 0 rings (SSSR count). The lowest BCUT2D eigenvalue weighted by Crippen LogP contribution is -1.93. The van der Waals surface area contributed by atoms with E-state index in [0.29, 0.717) is 5.70 Å². The maximum absolute atomic E-state index is 9.10. The van der Waals surface area contributed by atoms with Gasteiger partial charge in [0.2, 0.25) is 0 Å². The molecule has 0 unspecified atom stereocenters. The quantitative estimate of drug-likeness (QED) is 0.453. The van der Waals surface area contributed by atoms with E-state index in [1.165, 1.54) is 12.2 Å². The summed E-state index contributed by atoms with van der Waals surface area (Å²) >= 11 is 0. The first-order valence-corrected chi connectivity index (χ1v) is 3.04. The Morgan fingerprint density at radius 2 is 2.00 bits per heavy atom. The fourth-order valence-electron chi connectivity index (χ4n) is 0.361. The molecule has 0 atom stereocenters. The van der Waals surface area contributed by atoms with E-state index in [4.69, 9.17) is 10.8 Å². The van der Waals surface area contributed by atoms with Crippen LogP contribution in [0.1, 0.15) is 13.8 Å². The van der Waals surface area contributed by atoms with E-state index < -0.39 is 0 Å². The number of rotatable bonds is 2. The summed E-state index contributed by atoms with van der Waals surface area (Å²) in [5, 5.41) is 9.10. The smallest absolute Gasteiger partial charge is 0.116 e. The molecule has 56 valence electrons. The predicted octanol–water partition coefficient (Wildman–Crippen LogP) is 1.87. The van der Waals surface area contributed by atoms with Crippen molar-refractivity contribution in [2.75, 3.05) is 0 Å². The third-order valence-corrected chi connectivity index (χ3v) is 1.05. The summed E-state index contributed by atoms with van der Waals surface area (Å²) in [6.07, 6.45) is 2.96. The predicted molar refractivity (Wildman–Crippen MR) is 43.5 cm³/mol. The molecule has 0 aliphatic rings. The van der Waals surface area contributed by atoms with Crippen molar-refractivity contribution < 1.29 is 5.11 Å². The summed E-state index contributed by atoms with van der Waals surface area (Å²) in [6.45, 7) is 7.06. The summed E-state index contributed by atoms with van der Waals surface area (Å²) in [5.41, 5.74) is 6.67. The summed E-state index contributed by atoms with van der Waals surface area (Å²) in [5.74, 6) is 0.206. The largest absolute Gasteiger partial charge is 0.508 e. The Balaban J connectivity index is 4.42. The lowest BCUT2D eigenvalue weighted by molar-refractivity contribution is 0.425. The van der Waals surface area contributed by atoms with Gasteiger partial charge < -0.3 is 10.8 Å². The molecule has 3 N–H and O–H groups in total. The molecule has 0 bridgehead atoms. The highest BCUT2D eigenvalue weighted by Gasteiger charge is 1.89. The number of aliphatic hydroxyl groups is 1. The molecule has 0 spiro atoms. The second kappa shape index (κ2) is 3.77. The third-order valence-electron chi connectivity index (χ3n) is 1.05. The first-order chi connectivity index (χ1) is 4.57. The summed E-state index contributed by atoms with van der Waals surface area (Å²) < 4.78 is 0. The summed E-state index contributed by atoms with van der Waals surface area (Å²) in [7, 11) is 0. The van der Waals surface area contributed by atoms with Crippen LogP contribution < -0.4 is 5.73 Å². The first-order valence-electron chi connectivity index (χ1n) is 3.04. The van der Waals surface area contributed by atoms with Crippen LogP contribution in [0.25, 0.3) is 0 Å². The van der Waals surface area contributed by atoms with Gasteiger partial charge in [-0.05, 0) is 25.5 Å². The molecule has 0 aromatic heterocycles. The molecule has 0 saturated heterocycles. The van der Waals surface area contributed by atoms with E-state index in [1.807, 2.05) is 13.8 Å². The SMILES string of the molecule is C=C/C(N)=C/C(O)=C(C)C. The molecule has 0 radical (unpaired) electrons. The van der Waals surface area contributed by atoms with Crippen molar-refractivity contribution in [1.29, 1.82) is 0 Å². The van der Waals surface area contributed by atoms with E-state index in [-0.39, 0.29) is 5.76 Å². The molecule has 2 nitrogen and oxygen atoms in total. The minimum Gasteiger partial charge on any atom is -0.508 e. The van der Waals surface area contributed by atoms with Gasteiger partial charge in [0.05, 0.1) is 0 Å². The lowest BCUT2D eigenvalue weighted by atomic mass is 10.2. The van der Waals surface area contributed by atoms with Gasteiger partial charge in [0, 0.05) is 11.8 Å². The molecule has 0 aliphatic carbocycles. The van der Waals surface area contributed by atoms with Crippen LogP contribution in [-0.4, -0.2) is 5.11 Å². The van der Waals surface area contributed by atoms with Crippen molar-refractivity contribution in [2.45, 2.75) is 13.8 Å². The molecular formula is C8H13NO. The normalized spacial score (nSPS) is 10.8. The van der Waals surface area contributed by atoms with Crippen LogP contribution in [0.2, 0.25) is 0 Å². The molecule has 0 heterocycles. The fourth-order valence-corrected chi connectivity index (χ4v) is 0.361. The van der Waals surface area contributed by atoms with E-state index in [1.54, 1.807) is 0 Å². The van der Waals surface area contributed by atoms with Gasteiger partial charge in [0.1, 0.15) is 5.76 Å². The molecular weight excluding hydrogens is 126 g/mol. The van der Waals surface area contributed by atoms with Gasteiger partial charge in [0.25, 0.3) is 0 Å². The molecule has 0 aromatic carbocycles. The summed E-state index contributed by atoms with van der Waals surface area (Å²) in [4.78, 5) is 0. The van der Waals surface area contributed by atoms with Crippen molar-refractivity contribution in [2.24, 2.45) is 5.73 Å². The highest BCUT2D eigenvalue weighted by molar-refractivity contribution is 5.24. The first kappa shape index (κ1) is 8.82. The Morgan fingerprint density at radius 1 is 1.50 bits per heavy atom. The second-order valence-corrected chi connectivity index (χ2v) is 2.23. The van der Waals surface area contributed by atoms with Crippen molar-refractivity contribution >= 4 is 0 Å². The second-order valence-electron chi connectivity index (χ2n) is 2.23. The zero-order valence-electron chi connectivity index (χ0n) is 6.39. The summed E-state index contributed by atoms with van der Waals surface area (Å²) in [6, 6.07) is 0. The topological polar surface area (TPSA) is 46.2 Å². The van der Waals surface area contributed by atoms with E-state index in [0.717, 1.165) is 5.57 Å². The number of allylic oxidation sites excluding steroid dienone is 3.